The number of halogens is 2. The number of aromatic nitrogens is 9. The third-order valence-electron chi connectivity index (χ3n) is 15.0. The minimum atomic E-state index is -0.964. The molecule has 350 valence electrons. The number of ether oxygens (including phenoxy) is 1. The van der Waals surface area contributed by atoms with Crippen LogP contribution >= 0.6 is 12.2 Å². The summed E-state index contributed by atoms with van der Waals surface area (Å²) in [6.45, 7) is 10.3. The van der Waals surface area contributed by atoms with Crippen molar-refractivity contribution in [2.45, 2.75) is 102 Å². The smallest absolute Gasteiger partial charge is 0.338 e. The van der Waals surface area contributed by atoms with Crippen molar-refractivity contribution in [3.05, 3.63) is 134 Å². The van der Waals surface area contributed by atoms with Crippen LogP contribution in [0, 0.1) is 36.2 Å². The Morgan fingerprint density at radius 3 is 2.46 bits per heavy atom. The summed E-state index contributed by atoms with van der Waals surface area (Å²) in [5.74, 6) is -0.474. The van der Waals surface area contributed by atoms with Crippen LogP contribution in [0.15, 0.2) is 76.4 Å². The van der Waals surface area contributed by atoms with Crippen LogP contribution in [0.5, 0.6) is 0 Å². The summed E-state index contributed by atoms with van der Waals surface area (Å²) in [4.78, 5) is 36.8. The number of nitrogens with one attached hydrogen (secondary N) is 1. The molecule has 4 atom stereocenters. The number of carbonyl (C=O) groups is 1. The number of hydrogen-bond acceptors (Lipinski definition) is 9. The molecule has 2 aliphatic heterocycles. The fraction of sp³-hybridized carbons (Fsp3) is 0.400. The monoisotopic (exact) mass is 940 g/mol. The molecule has 4 aliphatic rings. The van der Waals surface area contributed by atoms with Gasteiger partial charge in [0.05, 0.1) is 51.9 Å². The van der Waals surface area contributed by atoms with Crippen LogP contribution in [0.3, 0.4) is 0 Å². The van der Waals surface area contributed by atoms with Crippen LogP contribution in [-0.2, 0) is 16.7 Å². The van der Waals surface area contributed by atoms with Gasteiger partial charge in [0.2, 0.25) is 0 Å². The van der Waals surface area contributed by atoms with Gasteiger partial charge in [-0.3, -0.25) is 18.6 Å². The number of hydrogen-bond donors (Lipinski definition) is 2. The summed E-state index contributed by atoms with van der Waals surface area (Å²) in [5.41, 5.74) is 3.86. The average Bonchev–Trinajstić information content (AvgIpc) is 3.92. The van der Waals surface area contributed by atoms with Crippen LogP contribution in [0.2, 0.25) is 0 Å². The molecule has 12 rings (SSSR count). The van der Waals surface area contributed by atoms with Crippen molar-refractivity contribution in [3.8, 4) is 17.2 Å². The Labute approximate surface area is 393 Å². The van der Waals surface area contributed by atoms with E-state index in [0.29, 0.717) is 75.8 Å². The lowest BCUT2D eigenvalue weighted by atomic mass is 9.83. The minimum absolute atomic E-state index is 0.0158. The van der Waals surface area contributed by atoms with E-state index in [1.54, 1.807) is 53.9 Å². The zero-order valence-electron chi connectivity index (χ0n) is 38.3. The number of aryl methyl sites for hydroxylation is 2. The fourth-order valence-electron chi connectivity index (χ4n) is 11.3. The fourth-order valence-corrected chi connectivity index (χ4v) is 11.5. The summed E-state index contributed by atoms with van der Waals surface area (Å²) < 4.78 is 51.3. The molecule has 0 bridgehead atoms. The number of imidazole rings is 1. The maximum absolute atomic E-state index is 16.4. The Kier molecular flexibility index (Phi) is 9.61. The van der Waals surface area contributed by atoms with E-state index in [2.05, 4.69) is 47.3 Å². The molecule has 2 aliphatic carbocycles. The summed E-state index contributed by atoms with van der Waals surface area (Å²) in [7, 11) is 0. The van der Waals surface area contributed by atoms with Gasteiger partial charge in [-0.05, 0) is 144 Å². The highest BCUT2D eigenvalue weighted by molar-refractivity contribution is 7.71. The first-order valence-electron chi connectivity index (χ1n) is 23.3. The molecule has 2 saturated carbocycles. The Hall–Kier alpha value is -6.50. The molecule has 8 aromatic rings. The zero-order chi connectivity index (χ0) is 47.1. The average molecular weight is 941 g/mol. The molecule has 5 aromatic heterocycles. The van der Waals surface area contributed by atoms with Crippen molar-refractivity contribution in [1.82, 2.24) is 48.3 Å². The minimum Gasteiger partial charge on any atom is -0.396 e. The highest BCUT2D eigenvalue weighted by Gasteiger charge is 2.61. The van der Waals surface area contributed by atoms with Crippen molar-refractivity contribution in [3.63, 3.8) is 0 Å². The predicted octanol–water partition coefficient (Wildman–Crippen LogP) is 8.58. The highest BCUT2D eigenvalue weighted by atomic mass is 32.1. The van der Waals surface area contributed by atoms with E-state index < -0.39 is 23.1 Å². The summed E-state index contributed by atoms with van der Waals surface area (Å²) in [6, 6.07) is 14.6. The van der Waals surface area contributed by atoms with E-state index in [1.807, 2.05) is 22.2 Å². The number of aliphatic hydroxyl groups excluding tert-OH is 1. The standard InChI is InChI=1S/C50H50F2N10O5S/c1-26-18-34(19-27(2)42(26)51)62-44(59-16-15-58(48(59)65)39-11-10-38-35(43(39)52)24-53-61(38)33-7-8-33)41-28(3)57(14-12-36(41)55-62)45(64)40-21-31-20-29(30-13-17-66-49(4,5)22-30)6-9-37(31)60(40)50(23-32(50)25-63)46-54-47(68)67-56-46/h6,9-11,15-16,18-21,24,28,30,32-33,63H,7-8,12-14,17,22-23,25H2,1-5H3,(H,54,56,68)/t28-,30-,32+,50-/m0/s1. The molecule has 18 heteroatoms. The van der Waals surface area contributed by atoms with Crippen LogP contribution in [0.25, 0.3) is 39.0 Å². The number of fused-ring (bicyclic) bond motifs is 3. The van der Waals surface area contributed by atoms with E-state index in [4.69, 9.17) is 26.6 Å². The molecule has 15 nitrogen and oxygen atoms in total. The van der Waals surface area contributed by atoms with E-state index in [9.17, 15) is 9.90 Å². The van der Waals surface area contributed by atoms with Gasteiger partial charge in [0, 0.05) is 61.0 Å². The molecule has 0 radical (unpaired) electrons. The van der Waals surface area contributed by atoms with Gasteiger partial charge >= 0.3 is 10.5 Å². The van der Waals surface area contributed by atoms with Gasteiger partial charge in [-0.15, -0.1) is 0 Å². The molecule has 1 saturated heterocycles. The normalized spacial score (nSPS) is 22.4. The van der Waals surface area contributed by atoms with E-state index in [-0.39, 0.29) is 58.9 Å². The second kappa shape index (κ2) is 15.3. The van der Waals surface area contributed by atoms with E-state index >= 15 is 13.6 Å². The van der Waals surface area contributed by atoms with Crippen molar-refractivity contribution < 1.29 is 27.9 Å². The summed E-state index contributed by atoms with van der Waals surface area (Å²) >= 11 is 5.32. The third-order valence-corrected chi connectivity index (χ3v) is 15.2. The second-order valence-electron chi connectivity index (χ2n) is 19.8. The van der Waals surface area contributed by atoms with Crippen molar-refractivity contribution >= 4 is 39.9 Å². The number of rotatable bonds is 9. The molecular weight excluding hydrogens is 891 g/mol. The second-order valence-corrected chi connectivity index (χ2v) is 20.2. The van der Waals surface area contributed by atoms with E-state index in [0.717, 1.165) is 42.1 Å². The molecule has 1 amide bonds. The molecule has 3 fully saturated rings. The first-order valence-corrected chi connectivity index (χ1v) is 23.7. The zero-order valence-corrected chi connectivity index (χ0v) is 39.1. The van der Waals surface area contributed by atoms with Gasteiger partial charge in [-0.2, -0.15) is 15.2 Å². The number of aromatic amines is 1. The number of benzene rings is 3. The number of nitrogens with zero attached hydrogens (tertiary/aromatic N) is 9. The third kappa shape index (κ3) is 6.46. The lowest BCUT2D eigenvalue weighted by Gasteiger charge is -2.35. The van der Waals surface area contributed by atoms with Crippen LogP contribution in [-0.4, -0.2) is 84.7 Å². The summed E-state index contributed by atoms with van der Waals surface area (Å²) in [6.07, 6.45) is 9.10. The van der Waals surface area contributed by atoms with Gasteiger partial charge in [0.15, 0.2) is 11.6 Å². The Bertz CT molecular complexity index is 3490. The van der Waals surface area contributed by atoms with Gasteiger partial charge in [-0.1, -0.05) is 6.07 Å². The molecule has 0 spiro atoms. The molecule has 68 heavy (non-hydrogen) atoms. The molecule has 7 heterocycles. The van der Waals surface area contributed by atoms with E-state index in [1.165, 1.54) is 21.5 Å². The Balaban J connectivity index is 0.998. The predicted molar refractivity (Wildman–Crippen MR) is 250 cm³/mol. The summed E-state index contributed by atoms with van der Waals surface area (Å²) in [5, 5.41) is 24.4. The Morgan fingerprint density at radius 1 is 0.985 bits per heavy atom. The number of aliphatic hydroxyl groups is 1. The topological polar surface area (TPSA) is 159 Å². The number of H-pyrrole nitrogens is 1. The molecule has 3 aromatic carbocycles. The number of amides is 1. The Morgan fingerprint density at radius 2 is 1.75 bits per heavy atom. The lowest BCUT2D eigenvalue weighted by molar-refractivity contribution is -0.0592. The quantitative estimate of drug-likeness (QED) is 0.135. The number of carbonyl (C=O) groups excluding carboxylic acids is 1. The molecule has 2 N–H and O–H groups in total. The van der Waals surface area contributed by atoms with Crippen molar-refractivity contribution in [2.24, 2.45) is 5.92 Å². The lowest BCUT2D eigenvalue weighted by Crippen LogP contribution is -2.41. The van der Waals surface area contributed by atoms with Crippen LogP contribution in [0.1, 0.15) is 115 Å². The maximum atomic E-state index is 16.4. The van der Waals surface area contributed by atoms with Crippen LogP contribution in [0.4, 0.5) is 8.78 Å². The highest BCUT2D eigenvalue weighted by Crippen LogP contribution is 2.56. The van der Waals surface area contributed by atoms with Gasteiger partial charge in [0.25, 0.3) is 5.91 Å². The largest absolute Gasteiger partial charge is 0.396 e. The SMILES string of the molecule is Cc1cc(-n2nc3c(c2-n2ccn(-c4ccc5c(cnn5C5CC5)c4F)c2=O)[C@H](C)N(C(=O)c2cc4cc([C@H]5CCOC(C)(C)C5)ccc4n2[C@@]2(c4nc(=S)o[nH]4)C[C@@H]2CO)CC3)cc(C)c1F. The first-order chi connectivity index (χ1) is 32.7. The van der Waals surface area contributed by atoms with Gasteiger partial charge < -0.3 is 23.8 Å². The maximum Gasteiger partial charge on any atom is 0.338 e. The van der Waals surface area contributed by atoms with Gasteiger partial charge in [-0.25, -0.2) is 23.4 Å². The molecule has 0 unspecified atom stereocenters. The van der Waals surface area contributed by atoms with Gasteiger partial charge in [0.1, 0.15) is 22.9 Å². The van der Waals surface area contributed by atoms with Crippen molar-refractivity contribution in [1.29, 1.82) is 0 Å². The molecular formula is C50H50F2N10O5S. The first kappa shape index (κ1) is 42.8. The van der Waals surface area contributed by atoms with Crippen molar-refractivity contribution in [2.75, 3.05) is 19.8 Å². The van der Waals surface area contributed by atoms with Crippen LogP contribution < -0.4 is 5.69 Å².